The molecule has 12 nitrogen and oxygen atoms in total. The molecule has 13 heteroatoms. The van der Waals surface area contributed by atoms with Crippen LogP contribution in [0.3, 0.4) is 0 Å². The number of nitrogen functional groups attached to an aromatic ring is 1. The van der Waals surface area contributed by atoms with E-state index in [4.69, 9.17) is 35.2 Å². The minimum Gasteiger partial charge on any atom is -0.474 e. The molecular formula is C36H43N9O3S. The van der Waals surface area contributed by atoms with Crippen LogP contribution in [0.2, 0.25) is 0 Å². The molecule has 4 aliphatic heterocycles. The Morgan fingerprint density at radius 3 is 2.80 bits per heavy atom. The first-order valence-electron chi connectivity index (χ1n) is 18.3. The second-order valence-corrected chi connectivity index (χ2v) is 16.9. The second kappa shape index (κ2) is 10.6. The third kappa shape index (κ3) is 4.26. The molecule has 4 aromatic rings. The molecule has 0 radical (unpaired) electrons. The number of anilines is 2. The molecule has 0 bridgehead atoms. The SMILES string of the molecule is C[C@@H]([C@@H]1CCC2CCCN21)n1nc2c3c(nc(-c4noc5c4CCC[C@@]54CCCc5sc(N)c(C#N)c54)nc31)N1C[C@](C)(O)CC[C@@H]1CO2. The van der Waals surface area contributed by atoms with Gasteiger partial charge < -0.3 is 25.0 Å². The zero-order chi connectivity index (χ0) is 33.2. The minimum atomic E-state index is -0.852. The van der Waals surface area contributed by atoms with Crippen molar-refractivity contribution in [1.82, 2.24) is 29.8 Å². The fraction of sp³-hybridized carbons (Fsp3) is 0.639. The van der Waals surface area contributed by atoms with Gasteiger partial charge in [0.15, 0.2) is 22.9 Å². The normalized spacial score (nSPS) is 31.1. The number of aryl methyl sites for hydroxylation is 1. The van der Waals surface area contributed by atoms with Gasteiger partial charge in [0.25, 0.3) is 0 Å². The van der Waals surface area contributed by atoms with Crippen LogP contribution in [0.5, 0.6) is 5.88 Å². The third-order valence-electron chi connectivity index (χ3n) is 12.8. The van der Waals surface area contributed by atoms with Crippen LogP contribution in [0.4, 0.5) is 10.8 Å². The van der Waals surface area contributed by atoms with Gasteiger partial charge in [-0.25, -0.2) is 14.6 Å². The van der Waals surface area contributed by atoms with Gasteiger partial charge in [-0.05, 0) is 103 Å². The Labute approximate surface area is 289 Å². The van der Waals surface area contributed by atoms with E-state index < -0.39 is 11.0 Å². The van der Waals surface area contributed by atoms with E-state index in [9.17, 15) is 10.4 Å². The molecule has 0 saturated carbocycles. The number of hydrogen-bond acceptors (Lipinski definition) is 12. The van der Waals surface area contributed by atoms with Crippen molar-refractivity contribution in [2.24, 2.45) is 0 Å². The number of thiophene rings is 1. The molecule has 3 N–H and O–H groups in total. The maximum Gasteiger partial charge on any atom is 0.246 e. The number of ether oxygens (including phenoxy) is 1. The van der Waals surface area contributed by atoms with Crippen LogP contribution in [0.1, 0.15) is 111 Å². The first-order valence-corrected chi connectivity index (χ1v) is 19.1. The molecule has 49 heavy (non-hydrogen) atoms. The molecule has 1 spiro atoms. The van der Waals surface area contributed by atoms with Crippen molar-refractivity contribution in [2.75, 3.05) is 30.3 Å². The molecule has 2 aliphatic carbocycles. The molecule has 1 unspecified atom stereocenters. The summed E-state index contributed by atoms with van der Waals surface area (Å²) in [6.07, 6.45) is 11.9. The first-order chi connectivity index (χ1) is 23.8. The smallest absolute Gasteiger partial charge is 0.246 e. The van der Waals surface area contributed by atoms with Gasteiger partial charge in [0.1, 0.15) is 28.9 Å². The van der Waals surface area contributed by atoms with Crippen molar-refractivity contribution in [3.63, 3.8) is 0 Å². The van der Waals surface area contributed by atoms with Gasteiger partial charge >= 0.3 is 0 Å². The van der Waals surface area contributed by atoms with Gasteiger partial charge in [0.05, 0.1) is 28.7 Å². The summed E-state index contributed by atoms with van der Waals surface area (Å²) in [5.41, 5.74) is 9.23. The van der Waals surface area contributed by atoms with Crippen LogP contribution in [0, 0.1) is 11.3 Å². The van der Waals surface area contributed by atoms with Gasteiger partial charge in [0, 0.05) is 29.1 Å². The van der Waals surface area contributed by atoms with Crippen LogP contribution in [0.25, 0.3) is 22.6 Å². The Kier molecular flexibility index (Phi) is 6.54. The van der Waals surface area contributed by atoms with Crippen molar-refractivity contribution in [3.8, 4) is 23.5 Å². The number of fused-ring (bicyclic) bond motifs is 7. The van der Waals surface area contributed by atoms with Crippen LogP contribution >= 0.6 is 11.3 Å². The number of aromatic nitrogens is 5. The van der Waals surface area contributed by atoms with Crippen molar-refractivity contribution in [1.29, 1.82) is 5.26 Å². The van der Waals surface area contributed by atoms with Gasteiger partial charge in [-0.15, -0.1) is 16.4 Å². The molecule has 256 valence electrons. The van der Waals surface area contributed by atoms with Crippen LogP contribution in [-0.4, -0.2) is 78.3 Å². The lowest BCUT2D eigenvalue weighted by Gasteiger charge is -2.42. The highest BCUT2D eigenvalue weighted by Gasteiger charge is 2.49. The van der Waals surface area contributed by atoms with Gasteiger partial charge in [-0.1, -0.05) is 5.16 Å². The van der Waals surface area contributed by atoms with Crippen LogP contribution in [0.15, 0.2) is 4.52 Å². The summed E-state index contributed by atoms with van der Waals surface area (Å²) in [6.45, 7) is 6.24. The quantitative estimate of drug-likeness (QED) is 0.291. The summed E-state index contributed by atoms with van der Waals surface area (Å²) in [5.74, 6) is 2.68. The fourth-order valence-corrected chi connectivity index (χ4v) is 11.7. The second-order valence-electron chi connectivity index (χ2n) is 15.7. The Morgan fingerprint density at radius 1 is 1.08 bits per heavy atom. The third-order valence-corrected chi connectivity index (χ3v) is 13.9. The molecule has 3 fully saturated rings. The van der Waals surface area contributed by atoms with Gasteiger partial charge in [-0.3, -0.25) is 4.90 Å². The van der Waals surface area contributed by atoms with Gasteiger partial charge in [-0.2, -0.15) is 5.26 Å². The van der Waals surface area contributed by atoms with Crippen molar-refractivity contribution in [3.05, 3.63) is 27.3 Å². The molecule has 4 aromatic heterocycles. The summed E-state index contributed by atoms with van der Waals surface area (Å²) >= 11 is 1.55. The summed E-state index contributed by atoms with van der Waals surface area (Å²) in [6, 6.07) is 3.62. The molecule has 0 aromatic carbocycles. The number of piperidine rings is 1. The zero-order valence-corrected chi connectivity index (χ0v) is 29.1. The Hall–Kier alpha value is -3.73. The fourth-order valence-electron chi connectivity index (χ4n) is 10.5. The maximum atomic E-state index is 11.3. The number of nitrogens with two attached hydrogens (primary N) is 1. The van der Waals surface area contributed by atoms with E-state index in [0.29, 0.717) is 59.6 Å². The molecule has 6 aliphatic rings. The molecule has 3 saturated heterocycles. The lowest BCUT2D eigenvalue weighted by atomic mass is 9.63. The van der Waals surface area contributed by atoms with Crippen LogP contribution in [-0.2, 0) is 18.3 Å². The predicted octanol–water partition coefficient (Wildman–Crippen LogP) is 5.26. The van der Waals surface area contributed by atoms with Crippen molar-refractivity contribution < 1.29 is 14.4 Å². The summed E-state index contributed by atoms with van der Waals surface area (Å²) in [5, 5.41) is 32.8. The number of rotatable bonds is 3. The Balaban J connectivity index is 1.16. The van der Waals surface area contributed by atoms with E-state index in [1.807, 2.05) is 6.92 Å². The number of nitrogens with zero attached hydrogens (tertiary/aromatic N) is 8. The zero-order valence-electron chi connectivity index (χ0n) is 28.2. The average molecular weight is 682 g/mol. The average Bonchev–Trinajstić information content (AvgIpc) is 3.90. The molecule has 8 heterocycles. The topological polar surface area (TPSA) is 155 Å². The molecule has 6 atom stereocenters. The molecule has 10 rings (SSSR count). The first kappa shape index (κ1) is 30.1. The lowest BCUT2D eigenvalue weighted by molar-refractivity contribution is 0.0321. The van der Waals surface area contributed by atoms with E-state index in [1.54, 1.807) is 11.3 Å². The van der Waals surface area contributed by atoms with Crippen molar-refractivity contribution in [2.45, 2.75) is 126 Å². The number of hydrogen-bond donors (Lipinski definition) is 2. The standard InChI is InChI=1S/C36H43N9O3S/c1-19(24-10-9-20-6-5-15-43(20)24)45-33-26-32(44-18-35(2,46)14-11-21(44)17-47-34(26)41-45)39-31(40-33)28-22-7-3-12-36(29(22)48-42-28)13-4-8-25-27(36)23(16-37)30(38)49-25/h19-21,24,46H,3-15,17-18,38H2,1-2H3/t19-,20?,21+,24-,35+,36-/m0/s1. The van der Waals surface area contributed by atoms with E-state index in [0.717, 1.165) is 91.6 Å². The van der Waals surface area contributed by atoms with Gasteiger partial charge in [0.2, 0.25) is 5.88 Å². The molecular weight excluding hydrogens is 639 g/mol. The highest BCUT2D eigenvalue weighted by molar-refractivity contribution is 7.16. The highest BCUT2D eigenvalue weighted by Crippen LogP contribution is 2.55. The number of nitriles is 1. The maximum absolute atomic E-state index is 11.3. The Bertz CT molecular complexity index is 2040. The summed E-state index contributed by atoms with van der Waals surface area (Å²) in [7, 11) is 0. The predicted molar refractivity (Wildman–Crippen MR) is 185 cm³/mol. The Morgan fingerprint density at radius 2 is 1.94 bits per heavy atom. The largest absolute Gasteiger partial charge is 0.474 e. The lowest BCUT2D eigenvalue weighted by Crippen LogP contribution is -2.53. The number of aliphatic hydroxyl groups is 1. The van der Waals surface area contributed by atoms with E-state index in [2.05, 4.69) is 27.5 Å². The highest BCUT2D eigenvalue weighted by atomic mass is 32.1. The van der Waals surface area contributed by atoms with E-state index >= 15 is 0 Å². The summed E-state index contributed by atoms with van der Waals surface area (Å²) in [4.78, 5) is 16.7. The monoisotopic (exact) mass is 681 g/mol. The van der Waals surface area contributed by atoms with E-state index in [-0.39, 0.29) is 12.1 Å². The van der Waals surface area contributed by atoms with Crippen LogP contribution < -0.4 is 15.4 Å². The van der Waals surface area contributed by atoms with E-state index in [1.165, 1.54) is 24.1 Å². The summed E-state index contributed by atoms with van der Waals surface area (Å²) < 4.78 is 15.0. The van der Waals surface area contributed by atoms with Crippen molar-refractivity contribution >= 4 is 33.2 Å². The minimum absolute atomic E-state index is 0.0649. The molecule has 0 amide bonds.